The number of carbonyl (C=O) groups is 2. The van der Waals surface area contributed by atoms with Gasteiger partial charge in [-0.25, -0.2) is 0 Å². The van der Waals surface area contributed by atoms with Gasteiger partial charge in [-0.15, -0.1) is 0 Å². The van der Waals surface area contributed by atoms with Crippen LogP contribution in [0.4, 0.5) is 0 Å². The van der Waals surface area contributed by atoms with Gasteiger partial charge in [-0.05, 0) is 24.5 Å². The molecule has 6 nitrogen and oxygen atoms in total. The molecule has 1 unspecified atom stereocenters. The summed E-state index contributed by atoms with van der Waals surface area (Å²) in [5.74, 6) is -0.473. The highest BCUT2D eigenvalue weighted by Crippen LogP contribution is 2.14. The maximum Gasteiger partial charge on any atom is 0.261 e. The van der Waals surface area contributed by atoms with E-state index in [1.807, 2.05) is 13.8 Å². The highest BCUT2D eigenvalue weighted by molar-refractivity contribution is 5.94. The predicted octanol–water partition coefficient (Wildman–Crippen LogP) is 0.920. The van der Waals surface area contributed by atoms with E-state index in [1.54, 1.807) is 6.07 Å². The van der Waals surface area contributed by atoms with E-state index in [2.05, 4.69) is 15.6 Å². The molecule has 0 aliphatic heterocycles. The molecule has 3 N–H and O–H groups in total. The minimum Gasteiger partial charge on any atom is -0.356 e. The number of hydrogen-bond donors (Lipinski definition) is 3. The summed E-state index contributed by atoms with van der Waals surface area (Å²) in [5.41, 5.74) is 0.481. The first-order chi connectivity index (χ1) is 9.99. The zero-order valence-electron chi connectivity index (χ0n) is 12.5. The third-order valence-electron chi connectivity index (χ3n) is 3.22. The van der Waals surface area contributed by atoms with Crippen molar-refractivity contribution < 1.29 is 9.59 Å². The zero-order chi connectivity index (χ0) is 15.8. The van der Waals surface area contributed by atoms with Gasteiger partial charge in [0, 0.05) is 25.4 Å². The minimum atomic E-state index is -0.464. The number of hydrogen-bond acceptors (Lipinski definition) is 3. The lowest BCUT2D eigenvalue weighted by atomic mass is 10.0. The molecular weight excluding hydrogens is 270 g/mol. The molecule has 0 bridgehead atoms. The van der Waals surface area contributed by atoms with Gasteiger partial charge in [0.1, 0.15) is 5.56 Å². The molecule has 0 aliphatic rings. The minimum absolute atomic E-state index is 0.0652. The van der Waals surface area contributed by atoms with Crippen LogP contribution in [0.3, 0.4) is 0 Å². The van der Waals surface area contributed by atoms with Gasteiger partial charge in [0.05, 0.1) is 0 Å². The van der Waals surface area contributed by atoms with Gasteiger partial charge in [-0.1, -0.05) is 19.9 Å². The lowest BCUT2D eigenvalue weighted by molar-refractivity contribution is -0.116. The van der Waals surface area contributed by atoms with Gasteiger partial charge in [0.25, 0.3) is 11.5 Å². The first kappa shape index (κ1) is 16.7. The standard InChI is InChI=1S/C15H21N3O3/c1-4-10(2)12-8-7-11(15(21)18-12)14(20)17-9-5-6-13(19)16-3/h5-8,10H,4,9H2,1-3H3,(H,16,19)(H,17,20)(H,18,21)/b6-5+. The van der Waals surface area contributed by atoms with Crippen molar-refractivity contribution in [3.05, 3.63) is 45.9 Å². The Morgan fingerprint density at radius 3 is 2.67 bits per heavy atom. The van der Waals surface area contributed by atoms with Crippen LogP contribution in [0.2, 0.25) is 0 Å². The van der Waals surface area contributed by atoms with Crippen molar-refractivity contribution in [2.24, 2.45) is 0 Å². The molecule has 0 saturated heterocycles. The van der Waals surface area contributed by atoms with Gasteiger partial charge < -0.3 is 15.6 Å². The fourth-order valence-electron chi connectivity index (χ4n) is 1.67. The maximum absolute atomic E-state index is 11.9. The van der Waals surface area contributed by atoms with Crippen molar-refractivity contribution in [2.45, 2.75) is 26.2 Å². The molecule has 0 aliphatic carbocycles. The van der Waals surface area contributed by atoms with Gasteiger partial charge >= 0.3 is 0 Å². The van der Waals surface area contributed by atoms with Gasteiger partial charge in [-0.3, -0.25) is 14.4 Å². The third kappa shape index (κ3) is 4.91. The highest BCUT2D eigenvalue weighted by Gasteiger charge is 2.11. The van der Waals surface area contributed by atoms with E-state index < -0.39 is 11.5 Å². The average molecular weight is 291 g/mol. The Kier molecular flexibility index (Phi) is 6.39. The fraction of sp³-hybridized carbons (Fsp3) is 0.400. The average Bonchev–Trinajstić information content (AvgIpc) is 2.49. The summed E-state index contributed by atoms with van der Waals surface area (Å²) < 4.78 is 0. The Morgan fingerprint density at radius 2 is 2.10 bits per heavy atom. The monoisotopic (exact) mass is 291 g/mol. The molecule has 2 amide bonds. The fourth-order valence-corrected chi connectivity index (χ4v) is 1.67. The highest BCUT2D eigenvalue weighted by atomic mass is 16.2. The van der Waals surface area contributed by atoms with E-state index in [1.165, 1.54) is 25.3 Å². The Labute approximate surface area is 123 Å². The zero-order valence-corrected chi connectivity index (χ0v) is 12.5. The van der Waals surface area contributed by atoms with E-state index in [9.17, 15) is 14.4 Å². The molecule has 0 radical (unpaired) electrons. The molecule has 0 fully saturated rings. The molecule has 1 aromatic heterocycles. The summed E-state index contributed by atoms with van der Waals surface area (Å²) in [6, 6.07) is 3.28. The maximum atomic E-state index is 11.9. The SMILES string of the molecule is CCC(C)c1ccc(C(=O)NC/C=C/C(=O)NC)c(=O)[nH]1. The predicted molar refractivity (Wildman–Crippen MR) is 81.3 cm³/mol. The molecule has 1 aromatic rings. The van der Waals surface area contributed by atoms with Crippen LogP contribution < -0.4 is 16.2 Å². The third-order valence-corrected chi connectivity index (χ3v) is 3.22. The molecule has 0 aromatic carbocycles. The molecule has 1 atom stereocenters. The molecule has 0 saturated carbocycles. The molecule has 1 heterocycles. The van der Waals surface area contributed by atoms with E-state index in [-0.39, 0.29) is 23.9 Å². The second-order valence-corrected chi connectivity index (χ2v) is 4.69. The topological polar surface area (TPSA) is 91.1 Å². The number of aromatic nitrogens is 1. The van der Waals surface area contributed by atoms with Crippen molar-refractivity contribution in [2.75, 3.05) is 13.6 Å². The first-order valence-corrected chi connectivity index (χ1v) is 6.89. The van der Waals surface area contributed by atoms with Crippen LogP contribution in [0.5, 0.6) is 0 Å². The molecule has 6 heteroatoms. The first-order valence-electron chi connectivity index (χ1n) is 6.89. The normalized spacial score (nSPS) is 12.1. The largest absolute Gasteiger partial charge is 0.356 e. The van der Waals surface area contributed by atoms with Crippen LogP contribution in [0.25, 0.3) is 0 Å². The molecular formula is C15H21N3O3. The van der Waals surface area contributed by atoms with Gasteiger partial charge in [0.2, 0.25) is 5.91 Å². The lowest BCUT2D eigenvalue weighted by Crippen LogP contribution is -2.30. The number of rotatable bonds is 6. The Morgan fingerprint density at radius 1 is 1.38 bits per heavy atom. The molecule has 21 heavy (non-hydrogen) atoms. The number of likely N-dealkylation sites (N-methyl/N-ethyl adjacent to an activating group) is 1. The van der Waals surface area contributed by atoms with Gasteiger partial charge in [-0.2, -0.15) is 0 Å². The quantitative estimate of drug-likeness (QED) is 0.681. The number of aromatic amines is 1. The Bertz CT molecular complexity index is 590. The second-order valence-electron chi connectivity index (χ2n) is 4.69. The lowest BCUT2D eigenvalue weighted by Gasteiger charge is -2.09. The summed E-state index contributed by atoms with van der Waals surface area (Å²) in [7, 11) is 1.52. The molecule has 1 rings (SSSR count). The van der Waals surface area contributed by atoms with Crippen molar-refractivity contribution in [1.29, 1.82) is 0 Å². The van der Waals surface area contributed by atoms with Crippen LogP contribution in [-0.4, -0.2) is 30.4 Å². The Balaban J connectivity index is 2.69. The number of pyridine rings is 1. The second kappa shape index (κ2) is 8.04. The molecule has 0 spiro atoms. The molecule has 114 valence electrons. The number of nitrogens with one attached hydrogen (secondary N) is 3. The van der Waals surface area contributed by atoms with Crippen LogP contribution in [0.15, 0.2) is 29.1 Å². The van der Waals surface area contributed by atoms with Crippen LogP contribution >= 0.6 is 0 Å². The summed E-state index contributed by atoms with van der Waals surface area (Å²) >= 11 is 0. The van der Waals surface area contributed by atoms with E-state index in [4.69, 9.17) is 0 Å². The van der Waals surface area contributed by atoms with Gasteiger partial charge in [0.15, 0.2) is 0 Å². The summed E-state index contributed by atoms with van der Waals surface area (Å²) in [6.07, 6.45) is 3.74. The van der Waals surface area contributed by atoms with E-state index in [0.717, 1.165) is 12.1 Å². The Hall–Kier alpha value is -2.37. The van der Waals surface area contributed by atoms with Crippen molar-refractivity contribution >= 4 is 11.8 Å². The number of H-pyrrole nitrogens is 1. The van der Waals surface area contributed by atoms with Crippen LogP contribution in [-0.2, 0) is 4.79 Å². The summed E-state index contributed by atoms with van der Waals surface area (Å²) in [5, 5.41) is 4.98. The van der Waals surface area contributed by atoms with Crippen LogP contribution in [0.1, 0.15) is 42.2 Å². The summed E-state index contributed by atoms with van der Waals surface area (Å²) in [4.78, 5) is 37.4. The number of carbonyl (C=O) groups excluding carboxylic acids is 2. The van der Waals surface area contributed by atoms with Crippen molar-refractivity contribution in [3.63, 3.8) is 0 Å². The van der Waals surface area contributed by atoms with Crippen molar-refractivity contribution in [1.82, 2.24) is 15.6 Å². The van der Waals surface area contributed by atoms with E-state index in [0.29, 0.717) is 0 Å². The van der Waals surface area contributed by atoms with Crippen molar-refractivity contribution in [3.8, 4) is 0 Å². The van der Waals surface area contributed by atoms with Crippen LogP contribution in [0, 0.1) is 0 Å². The number of amides is 2. The summed E-state index contributed by atoms with van der Waals surface area (Å²) in [6.45, 7) is 4.22. The smallest absolute Gasteiger partial charge is 0.261 e. The van der Waals surface area contributed by atoms with E-state index >= 15 is 0 Å².